The Bertz CT molecular complexity index is 617. The number of unbranched alkanes of at least 4 members (excludes halogenated alkanes) is 11. The van der Waals surface area contributed by atoms with E-state index in [1.807, 2.05) is 0 Å². The van der Waals surface area contributed by atoms with E-state index >= 15 is 0 Å². The first-order valence-electron chi connectivity index (χ1n) is 12.8. The summed E-state index contributed by atoms with van der Waals surface area (Å²) in [5.41, 5.74) is 1.13. The van der Waals surface area contributed by atoms with Gasteiger partial charge >= 0.3 is 0 Å². The Morgan fingerprint density at radius 3 is 1.93 bits per heavy atom. The largest absolute Gasteiger partial charge is 0.473 e. The Labute approximate surface area is 192 Å². The average Bonchev–Trinajstić information content (AvgIpc) is 2.67. The van der Waals surface area contributed by atoms with E-state index in [0.29, 0.717) is 6.10 Å². The second kappa shape index (κ2) is 13.5. The predicted octanol–water partition coefficient (Wildman–Crippen LogP) is 7.62. The Hall–Kier alpha value is -0.840. The van der Waals surface area contributed by atoms with Crippen molar-refractivity contribution in [2.75, 3.05) is 18.0 Å². The Morgan fingerprint density at radius 2 is 1.43 bits per heavy atom. The van der Waals surface area contributed by atoms with Crippen LogP contribution in [0.5, 0.6) is 5.88 Å². The van der Waals surface area contributed by atoms with Gasteiger partial charge in [-0.3, -0.25) is 0 Å². The minimum absolute atomic E-state index is 0.347. The normalized spacial score (nSPS) is 16.4. The highest BCUT2D eigenvalue weighted by molar-refractivity contribution is 9.10. The Balaban J connectivity index is 1.34. The molecule has 0 amide bonds. The molecule has 0 N–H and O–H groups in total. The number of halogens is 1. The lowest BCUT2D eigenvalue weighted by molar-refractivity contribution is 0.113. The number of ether oxygens (including phenoxy) is 1. The molecular formula is C25H42BrN3O. The lowest BCUT2D eigenvalue weighted by atomic mass is 9.96. The van der Waals surface area contributed by atoms with Gasteiger partial charge in [0.05, 0.1) is 5.69 Å². The maximum Gasteiger partial charge on any atom is 0.233 e. The lowest BCUT2D eigenvalue weighted by Gasteiger charge is -2.32. The Kier molecular flexibility index (Phi) is 10.8. The van der Waals surface area contributed by atoms with Crippen molar-refractivity contribution in [2.45, 2.75) is 122 Å². The molecule has 2 heterocycles. The second-order valence-electron chi connectivity index (χ2n) is 9.24. The van der Waals surface area contributed by atoms with Crippen molar-refractivity contribution in [1.29, 1.82) is 0 Å². The fourth-order valence-corrected chi connectivity index (χ4v) is 4.61. The molecule has 1 saturated carbocycles. The van der Waals surface area contributed by atoms with Gasteiger partial charge in [0.2, 0.25) is 11.8 Å². The molecule has 0 aromatic carbocycles. The van der Waals surface area contributed by atoms with Crippen LogP contribution in [0, 0.1) is 0 Å². The van der Waals surface area contributed by atoms with Crippen molar-refractivity contribution in [2.24, 2.45) is 0 Å². The first-order valence-corrected chi connectivity index (χ1v) is 13.5. The van der Waals surface area contributed by atoms with Crippen molar-refractivity contribution in [3.8, 4) is 5.88 Å². The van der Waals surface area contributed by atoms with Crippen LogP contribution in [0.25, 0.3) is 0 Å². The van der Waals surface area contributed by atoms with Crippen molar-refractivity contribution in [3.63, 3.8) is 0 Å². The molecule has 1 aliphatic heterocycles. The summed E-state index contributed by atoms with van der Waals surface area (Å²) < 4.78 is 7.16. The summed E-state index contributed by atoms with van der Waals surface area (Å²) in [6.45, 7) is 4.43. The number of aryl methyl sites for hydroxylation is 1. The monoisotopic (exact) mass is 479 g/mol. The maximum absolute atomic E-state index is 6.17. The Morgan fingerprint density at radius 1 is 0.833 bits per heavy atom. The first-order chi connectivity index (χ1) is 14.8. The molecule has 0 bridgehead atoms. The van der Waals surface area contributed by atoms with Gasteiger partial charge < -0.3 is 9.64 Å². The molecule has 0 spiro atoms. The van der Waals surface area contributed by atoms with E-state index in [-0.39, 0.29) is 0 Å². The summed E-state index contributed by atoms with van der Waals surface area (Å²) in [5.74, 6) is 1.64. The van der Waals surface area contributed by atoms with E-state index in [2.05, 4.69) is 27.8 Å². The summed E-state index contributed by atoms with van der Waals surface area (Å²) >= 11 is 3.75. The smallest absolute Gasteiger partial charge is 0.233 e. The second-order valence-corrected chi connectivity index (χ2v) is 10.0. The molecule has 3 rings (SSSR count). The van der Waals surface area contributed by atoms with Crippen LogP contribution >= 0.6 is 15.9 Å². The van der Waals surface area contributed by atoms with Crippen LogP contribution in [0.3, 0.4) is 0 Å². The molecule has 4 nitrogen and oxygen atoms in total. The third-order valence-electron chi connectivity index (χ3n) is 6.61. The van der Waals surface area contributed by atoms with Crippen molar-refractivity contribution < 1.29 is 4.74 Å². The summed E-state index contributed by atoms with van der Waals surface area (Å²) in [4.78, 5) is 11.9. The zero-order valence-electron chi connectivity index (χ0n) is 19.1. The molecule has 0 unspecified atom stereocenters. The third-order valence-corrected chi connectivity index (χ3v) is 7.41. The number of nitrogens with zero attached hydrogens (tertiary/aromatic N) is 3. The van der Waals surface area contributed by atoms with Crippen molar-refractivity contribution in [3.05, 3.63) is 10.2 Å². The number of hydrogen-bond acceptors (Lipinski definition) is 4. The number of rotatable bonds is 16. The number of anilines is 1. The van der Waals surface area contributed by atoms with E-state index in [9.17, 15) is 0 Å². The van der Waals surface area contributed by atoms with Gasteiger partial charge in [-0.15, -0.1) is 0 Å². The van der Waals surface area contributed by atoms with Gasteiger partial charge in [0.15, 0.2) is 0 Å². The van der Waals surface area contributed by atoms with Gasteiger partial charge in [0.25, 0.3) is 0 Å². The SMILES string of the molecule is CCCCCCCCCCCCCCc1nc(N2CCC2)nc(OC2CCC2)c1Br. The highest BCUT2D eigenvalue weighted by Crippen LogP contribution is 2.34. The van der Waals surface area contributed by atoms with Gasteiger partial charge in [0.1, 0.15) is 10.6 Å². The molecule has 30 heavy (non-hydrogen) atoms. The molecule has 2 fully saturated rings. The average molecular weight is 481 g/mol. The van der Waals surface area contributed by atoms with E-state index in [1.54, 1.807) is 0 Å². The van der Waals surface area contributed by atoms with E-state index < -0.39 is 0 Å². The maximum atomic E-state index is 6.17. The fourth-order valence-electron chi connectivity index (χ4n) is 4.14. The molecule has 0 atom stereocenters. The fraction of sp³-hybridized carbons (Fsp3) is 0.840. The van der Waals surface area contributed by atoms with Crippen LogP contribution in [0.2, 0.25) is 0 Å². The predicted molar refractivity (Wildman–Crippen MR) is 130 cm³/mol. The minimum atomic E-state index is 0.347. The minimum Gasteiger partial charge on any atom is -0.473 e. The lowest BCUT2D eigenvalue weighted by Crippen LogP contribution is -2.38. The van der Waals surface area contributed by atoms with Gasteiger partial charge in [-0.05, 0) is 54.5 Å². The van der Waals surface area contributed by atoms with Crippen LogP contribution < -0.4 is 9.64 Å². The van der Waals surface area contributed by atoms with E-state index in [1.165, 1.54) is 89.9 Å². The van der Waals surface area contributed by atoms with Gasteiger partial charge in [-0.25, -0.2) is 4.98 Å². The molecule has 1 aromatic rings. The summed E-state index contributed by atoms with van der Waals surface area (Å²) in [6, 6.07) is 0. The molecule has 1 aliphatic carbocycles. The van der Waals surface area contributed by atoms with E-state index in [4.69, 9.17) is 14.7 Å². The quantitative estimate of drug-likeness (QED) is 0.228. The van der Waals surface area contributed by atoms with Gasteiger partial charge in [-0.2, -0.15) is 4.98 Å². The number of aromatic nitrogens is 2. The molecule has 1 saturated heterocycles. The van der Waals surface area contributed by atoms with Crippen LogP contribution in [0.15, 0.2) is 4.47 Å². The first kappa shape index (κ1) is 23.8. The van der Waals surface area contributed by atoms with E-state index in [0.717, 1.165) is 54.3 Å². The highest BCUT2D eigenvalue weighted by Gasteiger charge is 2.25. The summed E-state index contributed by atoms with van der Waals surface area (Å²) in [5, 5.41) is 0. The van der Waals surface area contributed by atoms with Crippen LogP contribution in [0.4, 0.5) is 5.95 Å². The molecule has 0 radical (unpaired) electrons. The standard InChI is InChI=1S/C25H42BrN3O/c1-2-3-4-5-6-7-8-9-10-11-12-13-18-22-23(26)24(30-21-16-14-17-21)28-25(27-22)29-19-15-20-29/h21H,2-20H2,1H3. The van der Waals surface area contributed by atoms with Gasteiger partial charge in [0, 0.05) is 13.1 Å². The van der Waals surface area contributed by atoms with Crippen LogP contribution in [0.1, 0.15) is 115 Å². The summed E-state index contributed by atoms with van der Waals surface area (Å²) in [6.07, 6.45) is 22.8. The molecule has 1 aromatic heterocycles. The van der Waals surface area contributed by atoms with Crippen LogP contribution in [-0.4, -0.2) is 29.2 Å². The number of hydrogen-bond donors (Lipinski definition) is 0. The topological polar surface area (TPSA) is 38.2 Å². The highest BCUT2D eigenvalue weighted by atomic mass is 79.9. The van der Waals surface area contributed by atoms with Crippen molar-refractivity contribution >= 4 is 21.9 Å². The van der Waals surface area contributed by atoms with Crippen LogP contribution in [-0.2, 0) is 6.42 Å². The summed E-state index contributed by atoms with van der Waals surface area (Å²) in [7, 11) is 0. The molecule has 2 aliphatic rings. The molecule has 5 heteroatoms. The zero-order chi connectivity index (χ0) is 21.0. The molecular weight excluding hydrogens is 438 g/mol. The zero-order valence-corrected chi connectivity index (χ0v) is 20.7. The third kappa shape index (κ3) is 7.69. The van der Waals surface area contributed by atoms with Gasteiger partial charge in [-0.1, -0.05) is 77.6 Å². The van der Waals surface area contributed by atoms with Crippen molar-refractivity contribution in [1.82, 2.24) is 9.97 Å². The molecule has 170 valence electrons.